The van der Waals surface area contributed by atoms with E-state index in [-0.39, 0.29) is 6.42 Å². The number of halogens is 1. The van der Waals surface area contributed by atoms with Gasteiger partial charge in [0, 0.05) is 5.56 Å². The Balaban J connectivity index is 2.28. The van der Waals surface area contributed by atoms with Gasteiger partial charge in [-0.1, -0.05) is 0 Å². The van der Waals surface area contributed by atoms with E-state index in [9.17, 15) is 4.79 Å². The summed E-state index contributed by atoms with van der Waals surface area (Å²) in [7, 11) is 1.60. The van der Waals surface area contributed by atoms with E-state index in [0.29, 0.717) is 5.82 Å². The third-order valence-electron chi connectivity index (χ3n) is 2.41. The molecule has 2 aromatic rings. The Morgan fingerprint density at radius 2 is 2.33 bits per heavy atom. The number of hydrogen-bond acceptors (Lipinski definition) is 3. The molecule has 0 bridgehead atoms. The molecule has 18 heavy (non-hydrogen) atoms. The summed E-state index contributed by atoms with van der Waals surface area (Å²) in [5, 5.41) is 8.68. The molecule has 1 aromatic heterocycles. The van der Waals surface area contributed by atoms with E-state index in [4.69, 9.17) is 9.84 Å². The van der Waals surface area contributed by atoms with Gasteiger partial charge in [-0.25, -0.2) is 4.98 Å². The fourth-order valence-electron chi connectivity index (χ4n) is 1.58. The van der Waals surface area contributed by atoms with Crippen LogP contribution in [0.3, 0.4) is 0 Å². The molecule has 0 aliphatic rings. The molecule has 0 saturated heterocycles. The second-order valence-electron chi connectivity index (χ2n) is 3.66. The van der Waals surface area contributed by atoms with Crippen LogP contribution in [0.1, 0.15) is 5.82 Å². The van der Waals surface area contributed by atoms with Crippen LogP contribution >= 0.6 is 15.9 Å². The van der Waals surface area contributed by atoms with Gasteiger partial charge < -0.3 is 14.8 Å². The molecule has 0 amide bonds. The summed E-state index contributed by atoms with van der Waals surface area (Å²) in [5.41, 5.74) is 1.68. The fourth-order valence-corrected chi connectivity index (χ4v) is 2.12. The summed E-state index contributed by atoms with van der Waals surface area (Å²) in [6, 6.07) is 5.59. The number of carboxylic acid groups (broad SMARTS) is 1. The highest BCUT2D eigenvalue weighted by Gasteiger charge is 2.08. The zero-order chi connectivity index (χ0) is 13.1. The highest BCUT2D eigenvalue weighted by atomic mass is 79.9. The van der Waals surface area contributed by atoms with E-state index in [1.54, 1.807) is 13.3 Å². The minimum absolute atomic E-state index is 0.114. The van der Waals surface area contributed by atoms with Crippen LogP contribution in [0.2, 0.25) is 0 Å². The minimum Gasteiger partial charge on any atom is -0.496 e. The Hall–Kier alpha value is -1.82. The van der Waals surface area contributed by atoms with Crippen LogP contribution in [0, 0.1) is 0 Å². The summed E-state index contributed by atoms with van der Waals surface area (Å²) < 4.78 is 5.97. The molecule has 94 valence electrons. The third kappa shape index (κ3) is 2.70. The maximum Gasteiger partial charge on any atom is 0.311 e. The molecule has 1 aromatic carbocycles. The van der Waals surface area contributed by atoms with E-state index >= 15 is 0 Å². The summed E-state index contributed by atoms with van der Waals surface area (Å²) >= 11 is 3.40. The number of nitrogens with one attached hydrogen (secondary N) is 1. The van der Waals surface area contributed by atoms with Crippen molar-refractivity contribution in [2.45, 2.75) is 6.42 Å². The Morgan fingerprint density at radius 3 is 2.94 bits per heavy atom. The van der Waals surface area contributed by atoms with Gasteiger partial charge in [-0.15, -0.1) is 0 Å². The topological polar surface area (TPSA) is 75.2 Å². The summed E-state index contributed by atoms with van der Waals surface area (Å²) in [6.45, 7) is 0. The van der Waals surface area contributed by atoms with Crippen LogP contribution in [0.15, 0.2) is 28.9 Å². The number of aromatic nitrogens is 2. The van der Waals surface area contributed by atoms with Gasteiger partial charge in [0.15, 0.2) is 0 Å². The number of hydrogen-bond donors (Lipinski definition) is 2. The van der Waals surface area contributed by atoms with Gasteiger partial charge in [0.2, 0.25) is 0 Å². The Bertz CT molecular complexity index is 580. The Kier molecular flexibility index (Phi) is 3.66. The summed E-state index contributed by atoms with van der Waals surface area (Å²) in [4.78, 5) is 17.6. The number of nitrogens with zero attached hydrogens (tertiary/aromatic N) is 1. The maximum absolute atomic E-state index is 10.6. The average Bonchev–Trinajstić information content (AvgIpc) is 2.76. The van der Waals surface area contributed by atoms with Crippen molar-refractivity contribution in [3.8, 4) is 17.0 Å². The lowest BCUT2D eigenvalue weighted by molar-refractivity contribution is -0.136. The number of carbonyl (C=O) groups is 1. The number of aliphatic carboxylic acids is 1. The number of H-pyrrole nitrogens is 1. The number of benzene rings is 1. The lowest BCUT2D eigenvalue weighted by Crippen LogP contribution is -2.01. The first-order valence-electron chi connectivity index (χ1n) is 5.19. The van der Waals surface area contributed by atoms with Gasteiger partial charge in [0.25, 0.3) is 0 Å². The second-order valence-corrected chi connectivity index (χ2v) is 4.52. The van der Waals surface area contributed by atoms with Crippen LogP contribution in [-0.2, 0) is 11.2 Å². The van der Waals surface area contributed by atoms with Crippen LogP contribution in [0.5, 0.6) is 5.75 Å². The van der Waals surface area contributed by atoms with Gasteiger partial charge >= 0.3 is 5.97 Å². The molecule has 0 radical (unpaired) electrons. The quantitative estimate of drug-likeness (QED) is 0.909. The van der Waals surface area contributed by atoms with Crippen molar-refractivity contribution < 1.29 is 14.6 Å². The highest BCUT2D eigenvalue weighted by molar-refractivity contribution is 9.10. The van der Waals surface area contributed by atoms with Crippen molar-refractivity contribution in [3.63, 3.8) is 0 Å². The van der Waals surface area contributed by atoms with Gasteiger partial charge in [-0.05, 0) is 34.1 Å². The predicted molar refractivity (Wildman–Crippen MR) is 69.6 cm³/mol. The number of methoxy groups -OCH3 is 1. The Labute approximate surface area is 112 Å². The largest absolute Gasteiger partial charge is 0.496 e. The molecule has 0 unspecified atom stereocenters. The van der Waals surface area contributed by atoms with E-state index in [2.05, 4.69) is 25.9 Å². The molecule has 0 fully saturated rings. The van der Waals surface area contributed by atoms with Crippen LogP contribution in [-0.4, -0.2) is 28.2 Å². The molecule has 0 aliphatic carbocycles. The Morgan fingerprint density at radius 1 is 1.56 bits per heavy atom. The molecule has 2 N–H and O–H groups in total. The standard InChI is InChI=1S/C12H11BrN2O3/c1-18-10-3-2-7(4-8(10)13)9-6-14-11(15-9)5-12(16)17/h2-4,6H,5H2,1H3,(H,14,15)(H,16,17). The first kappa shape index (κ1) is 12.6. The number of ether oxygens (including phenoxy) is 1. The van der Waals surface area contributed by atoms with E-state index in [0.717, 1.165) is 21.5 Å². The molecule has 0 saturated carbocycles. The fraction of sp³-hybridized carbons (Fsp3) is 0.167. The van der Waals surface area contributed by atoms with Crippen molar-refractivity contribution >= 4 is 21.9 Å². The zero-order valence-electron chi connectivity index (χ0n) is 9.61. The van der Waals surface area contributed by atoms with Crippen molar-refractivity contribution in [1.82, 2.24) is 9.97 Å². The maximum atomic E-state index is 10.6. The number of aromatic amines is 1. The molecule has 5 nitrogen and oxygen atoms in total. The highest BCUT2D eigenvalue weighted by Crippen LogP contribution is 2.29. The third-order valence-corrected chi connectivity index (χ3v) is 3.03. The first-order valence-corrected chi connectivity index (χ1v) is 5.99. The summed E-state index contributed by atoms with van der Waals surface area (Å²) in [5.74, 6) is 0.264. The van der Waals surface area contributed by atoms with Gasteiger partial charge in [0.05, 0.1) is 23.5 Å². The lowest BCUT2D eigenvalue weighted by Gasteiger charge is -2.04. The predicted octanol–water partition coefficient (Wildman–Crippen LogP) is 2.47. The molecule has 6 heteroatoms. The SMILES string of the molecule is COc1ccc(-c2cnc(CC(=O)O)[nH]2)cc1Br. The van der Waals surface area contributed by atoms with Gasteiger partial charge in [-0.3, -0.25) is 4.79 Å². The van der Waals surface area contributed by atoms with Crippen LogP contribution < -0.4 is 4.74 Å². The summed E-state index contributed by atoms with van der Waals surface area (Å²) in [6.07, 6.45) is 1.50. The smallest absolute Gasteiger partial charge is 0.311 e. The molecule has 0 spiro atoms. The van der Waals surface area contributed by atoms with Crippen LogP contribution in [0.25, 0.3) is 11.3 Å². The van der Waals surface area contributed by atoms with Gasteiger partial charge in [0.1, 0.15) is 18.0 Å². The molecule has 0 atom stereocenters. The van der Waals surface area contributed by atoms with Crippen molar-refractivity contribution in [2.24, 2.45) is 0 Å². The van der Waals surface area contributed by atoms with Crippen LogP contribution in [0.4, 0.5) is 0 Å². The minimum atomic E-state index is -0.910. The monoisotopic (exact) mass is 310 g/mol. The normalized spacial score (nSPS) is 10.3. The molecule has 2 rings (SSSR count). The van der Waals surface area contributed by atoms with Crippen molar-refractivity contribution in [3.05, 3.63) is 34.7 Å². The lowest BCUT2D eigenvalue weighted by atomic mass is 10.2. The van der Waals surface area contributed by atoms with E-state index in [1.807, 2.05) is 18.2 Å². The number of carboxylic acids is 1. The number of imidazole rings is 1. The van der Waals surface area contributed by atoms with Crippen molar-refractivity contribution in [2.75, 3.05) is 7.11 Å². The molecular formula is C12H11BrN2O3. The molecule has 0 aliphatic heterocycles. The van der Waals surface area contributed by atoms with Crippen molar-refractivity contribution in [1.29, 1.82) is 0 Å². The van der Waals surface area contributed by atoms with E-state index in [1.165, 1.54) is 0 Å². The second kappa shape index (κ2) is 5.22. The van der Waals surface area contributed by atoms with E-state index < -0.39 is 5.97 Å². The zero-order valence-corrected chi connectivity index (χ0v) is 11.2. The first-order chi connectivity index (χ1) is 8.60. The molecular weight excluding hydrogens is 300 g/mol. The van der Waals surface area contributed by atoms with Gasteiger partial charge in [-0.2, -0.15) is 0 Å². The molecule has 1 heterocycles. The number of rotatable bonds is 4. The average molecular weight is 311 g/mol.